The molecule has 150 valence electrons. The van der Waals surface area contributed by atoms with E-state index >= 15 is 0 Å². The van der Waals surface area contributed by atoms with Crippen LogP contribution in [0.4, 0.5) is 5.69 Å². The van der Waals surface area contributed by atoms with Crippen molar-refractivity contribution in [2.24, 2.45) is 0 Å². The summed E-state index contributed by atoms with van der Waals surface area (Å²) in [6.45, 7) is 3.37. The van der Waals surface area contributed by atoms with Gasteiger partial charge in [-0.2, -0.15) is 4.98 Å². The van der Waals surface area contributed by atoms with Crippen LogP contribution in [-0.4, -0.2) is 45.2 Å². The number of nitrogens with zero attached hydrogens (tertiary/aromatic N) is 3. The van der Waals surface area contributed by atoms with E-state index in [0.29, 0.717) is 42.6 Å². The summed E-state index contributed by atoms with van der Waals surface area (Å²) >= 11 is 0. The number of aryl methyl sites for hydroxylation is 1. The molecule has 2 N–H and O–H groups in total. The molecule has 29 heavy (non-hydrogen) atoms. The lowest BCUT2D eigenvalue weighted by Gasteiger charge is -2.30. The van der Waals surface area contributed by atoms with Crippen LogP contribution in [0.5, 0.6) is 0 Å². The van der Waals surface area contributed by atoms with E-state index in [4.69, 9.17) is 4.52 Å². The van der Waals surface area contributed by atoms with Crippen molar-refractivity contribution in [2.45, 2.75) is 32.4 Å². The Labute approximate surface area is 169 Å². The lowest BCUT2D eigenvalue weighted by atomic mass is 10.1. The third-order valence-electron chi connectivity index (χ3n) is 5.05. The Hall–Kier alpha value is -3.19. The SMILES string of the molecule is Cc1ccc(-c2noc(CNc3ccccc3C(=O)N3CCC[C@H](O)C3)n2)cc1. The molecule has 0 radical (unpaired) electrons. The van der Waals surface area contributed by atoms with Crippen molar-refractivity contribution in [3.8, 4) is 11.4 Å². The second-order valence-corrected chi connectivity index (χ2v) is 7.32. The summed E-state index contributed by atoms with van der Waals surface area (Å²) < 4.78 is 5.35. The third-order valence-corrected chi connectivity index (χ3v) is 5.05. The van der Waals surface area contributed by atoms with E-state index < -0.39 is 6.10 Å². The summed E-state index contributed by atoms with van der Waals surface area (Å²) in [6, 6.07) is 15.3. The summed E-state index contributed by atoms with van der Waals surface area (Å²) in [6.07, 6.45) is 1.10. The van der Waals surface area contributed by atoms with Crippen molar-refractivity contribution < 1.29 is 14.4 Å². The third kappa shape index (κ3) is 4.46. The molecule has 3 aromatic rings. The fraction of sp³-hybridized carbons (Fsp3) is 0.318. The highest BCUT2D eigenvalue weighted by Crippen LogP contribution is 2.21. The number of aliphatic hydroxyl groups is 1. The average Bonchev–Trinajstić information content (AvgIpc) is 3.21. The molecule has 0 spiro atoms. The molecule has 0 unspecified atom stereocenters. The second-order valence-electron chi connectivity index (χ2n) is 7.32. The van der Waals surface area contributed by atoms with Crippen LogP contribution in [0.1, 0.15) is 34.7 Å². The van der Waals surface area contributed by atoms with Gasteiger partial charge in [-0.15, -0.1) is 0 Å². The van der Waals surface area contributed by atoms with Crippen LogP contribution < -0.4 is 5.32 Å². The van der Waals surface area contributed by atoms with Gasteiger partial charge in [0.1, 0.15) is 0 Å². The van der Waals surface area contributed by atoms with Gasteiger partial charge in [-0.3, -0.25) is 4.79 Å². The second kappa shape index (κ2) is 8.45. The Morgan fingerprint density at radius 2 is 2.03 bits per heavy atom. The van der Waals surface area contributed by atoms with Crippen LogP contribution >= 0.6 is 0 Å². The predicted molar refractivity (Wildman–Crippen MR) is 109 cm³/mol. The number of piperidine rings is 1. The van der Waals surface area contributed by atoms with Gasteiger partial charge in [-0.05, 0) is 31.9 Å². The van der Waals surface area contributed by atoms with Crippen molar-refractivity contribution in [3.05, 3.63) is 65.5 Å². The topological polar surface area (TPSA) is 91.5 Å². The lowest BCUT2D eigenvalue weighted by Crippen LogP contribution is -2.42. The molecular formula is C22H24N4O3. The van der Waals surface area contributed by atoms with Gasteiger partial charge in [-0.25, -0.2) is 0 Å². The fourth-order valence-electron chi connectivity index (χ4n) is 3.45. The number of aliphatic hydroxyl groups excluding tert-OH is 1. The number of rotatable bonds is 5. The Balaban J connectivity index is 1.45. The van der Waals surface area contributed by atoms with Gasteiger partial charge in [0.05, 0.1) is 18.2 Å². The normalized spacial score (nSPS) is 16.6. The molecule has 0 saturated carbocycles. The first-order chi connectivity index (χ1) is 14.1. The minimum Gasteiger partial charge on any atom is -0.391 e. The zero-order valence-electron chi connectivity index (χ0n) is 16.3. The van der Waals surface area contributed by atoms with Gasteiger partial charge in [0, 0.05) is 24.3 Å². The predicted octanol–water partition coefficient (Wildman–Crippen LogP) is 3.25. The first-order valence-corrected chi connectivity index (χ1v) is 9.80. The Bertz CT molecular complexity index is 984. The molecule has 1 aliphatic rings. The molecule has 0 aliphatic carbocycles. The molecule has 2 heterocycles. The Kier molecular flexibility index (Phi) is 5.57. The van der Waals surface area contributed by atoms with Gasteiger partial charge in [-0.1, -0.05) is 47.1 Å². The molecule has 1 saturated heterocycles. The van der Waals surface area contributed by atoms with E-state index in [-0.39, 0.29) is 5.91 Å². The largest absolute Gasteiger partial charge is 0.391 e. The van der Waals surface area contributed by atoms with Crippen LogP contribution in [0.2, 0.25) is 0 Å². The molecule has 2 aromatic carbocycles. The van der Waals surface area contributed by atoms with Crippen molar-refractivity contribution in [1.82, 2.24) is 15.0 Å². The van der Waals surface area contributed by atoms with Crippen LogP contribution in [0.15, 0.2) is 53.1 Å². The standard InChI is InChI=1S/C22H24N4O3/c1-15-8-10-16(11-9-15)21-24-20(29-25-21)13-23-19-7-3-2-6-18(19)22(28)26-12-4-5-17(27)14-26/h2-3,6-11,17,23,27H,4-5,12-14H2,1H3/t17-/m0/s1. The maximum absolute atomic E-state index is 12.9. The number of benzene rings is 2. The van der Waals surface area contributed by atoms with Crippen LogP contribution in [0, 0.1) is 6.92 Å². The Morgan fingerprint density at radius 3 is 2.83 bits per heavy atom. The highest BCUT2D eigenvalue weighted by molar-refractivity contribution is 5.99. The number of hydrogen-bond donors (Lipinski definition) is 2. The highest BCUT2D eigenvalue weighted by Gasteiger charge is 2.24. The van der Waals surface area contributed by atoms with E-state index in [2.05, 4.69) is 15.5 Å². The van der Waals surface area contributed by atoms with Gasteiger partial charge >= 0.3 is 0 Å². The maximum Gasteiger partial charge on any atom is 0.256 e. The molecular weight excluding hydrogens is 368 g/mol. The van der Waals surface area contributed by atoms with E-state index in [9.17, 15) is 9.90 Å². The zero-order chi connectivity index (χ0) is 20.2. The number of para-hydroxylation sites is 1. The molecule has 1 fully saturated rings. The molecule has 1 amide bonds. The van der Waals surface area contributed by atoms with Gasteiger partial charge < -0.3 is 19.8 Å². The molecule has 1 atom stereocenters. The van der Waals surface area contributed by atoms with Crippen molar-refractivity contribution in [2.75, 3.05) is 18.4 Å². The van der Waals surface area contributed by atoms with Crippen LogP contribution in [0.3, 0.4) is 0 Å². The van der Waals surface area contributed by atoms with Gasteiger partial charge in [0.15, 0.2) is 0 Å². The quantitative estimate of drug-likeness (QED) is 0.693. The molecule has 7 heteroatoms. The van der Waals surface area contributed by atoms with E-state index in [0.717, 1.165) is 18.4 Å². The first-order valence-electron chi connectivity index (χ1n) is 9.80. The minimum absolute atomic E-state index is 0.0854. The van der Waals surface area contributed by atoms with Crippen molar-refractivity contribution in [3.63, 3.8) is 0 Å². The number of nitrogens with one attached hydrogen (secondary N) is 1. The molecule has 7 nitrogen and oxygen atoms in total. The van der Waals surface area contributed by atoms with E-state index in [1.807, 2.05) is 49.4 Å². The fourth-order valence-corrected chi connectivity index (χ4v) is 3.45. The zero-order valence-corrected chi connectivity index (χ0v) is 16.3. The summed E-state index contributed by atoms with van der Waals surface area (Å²) in [4.78, 5) is 19.1. The number of likely N-dealkylation sites (tertiary alicyclic amines) is 1. The number of carbonyl (C=O) groups excluding carboxylic acids is 1. The molecule has 4 rings (SSSR count). The van der Waals surface area contributed by atoms with Gasteiger partial charge in [0.2, 0.25) is 11.7 Å². The average molecular weight is 392 g/mol. The van der Waals surface area contributed by atoms with Crippen LogP contribution in [-0.2, 0) is 6.54 Å². The highest BCUT2D eigenvalue weighted by atomic mass is 16.5. The number of aromatic nitrogens is 2. The lowest BCUT2D eigenvalue weighted by molar-refractivity contribution is 0.0474. The monoisotopic (exact) mass is 392 g/mol. The van der Waals surface area contributed by atoms with Gasteiger partial charge in [0.25, 0.3) is 5.91 Å². The summed E-state index contributed by atoms with van der Waals surface area (Å²) in [5.74, 6) is 0.891. The smallest absolute Gasteiger partial charge is 0.256 e. The Morgan fingerprint density at radius 1 is 1.24 bits per heavy atom. The van der Waals surface area contributed by atoms with Crippen molar-refractivity contribution in [1.29, 1.82) is 0 Å². The number of carbonyl (C=O) groups is 1. The molecule has 1 aliphatic heterocycles. The summed E-state index contributed by atoms with van der Waals surface area (Å²) in [5.41, 5.74) is 3.33. The number of amides is 1. The number of hydrogen-bond acceptors (Lipinski definition) is 6. The number of β-amino-alcohol motifs (C(OH)–C–C–N with tert-alkyl or cyclic N) is 1. The summed E-state index contributed by atoms with van der Waals surface area (Å²) in [5, 5.41) is 17.1. The minimum atomic E-state index is -0.452. The van der Waals surface area contributed by atoms with Crippen molar-refractivity contribution >= 4 is 11.6 Å². The van der Waals surface area contributed by atoms with E-state index in [1.54, 1.807) is 11.0 Å². The molecule has 1 aromatic heterocycles. The van der Waals surface area contributed by atoms with Crippen LogP contribution in [0.25, 0.3) is 11.4 Å². The maximum atomic E-state index is 12.9. The molecule has 0 bridgehead atoms. The summed E-state index contributed by atoms with van der Waals surface area (Å²) in [7, 11) is 0. The number of anilines is 1. The first kappa shape index (κ1) is 19.1. The van der Waals surface area contributed by atoms with E-state index in [1.165, 1.54) is 5.56 Å².